The van der Waals surface area contributed by atoms with Crippen LogP contribution in [-0.4, -0.2) is 28.1 Å². The van der Waals surface area contributed by atoms with Crippen LogP contribution in [0.3, 0.4) is 0 Å². The maximum Gasteiger partial charge on any atom is 0.343 e. The van der Waals surface area contributed by atoms with Crippen molar-refractivity contribution in [1.82, 2.24) is 9.72 Å². The van der Waals surface area contributed by atoms with Gasteiger partial charge < -0.3 is 9.26 Å². The lowest BCUT2D eigenvalue weighted by molar-refractivity contribution is 0.0470. The Bertz CT molecular complexity index is 1020. The van der Waals surface area contributed by atoms with Crippen LogP contribution in [0.2, 0.25) is 5.02 Å². The predicted octanol–water partition coefficient (Wildman–Crippen LogP) is 4.22. The molecule has 1 aromatic carbocycles. The molecule has 6 nitrogen and oxygen atoms in total. The van der Waals surface area contributed by atoms with Crippen molar-refractivity contribution in [2.45, 2.75) is 20.8 Å². The largest absolute Gasteiger partial charge is 0.454 e. The Morgan fingerprint density at radius 1 is 1.26 bits per heavy atom. The Morgan fingerprint density at radius 2 is 2.00 bits per heavy atom. The zero-order valence-corrected chi connectivity index (χ0v) is 15.6. The van der Waals surface area contributed by atoms with Crippen molar-refractivity contribution in [3.63, 3.8) is 0 Å². The second-order valence-corrected chi connectivity index (χ2v) is 6.42. The van der Waals surface area contributed by atoms with Crippen LogP contribution in [0.15, 0.2) is 34.9 Å². The number of nitrogens with zero attached hydrogens (tertiary/aromatic N) is 2. The van der Waals surface area contributed by atoms with E-state index < -0.39 is 29.7 Å². The molecule has 0 saturated carbocycles. The first kappa shape index (κ1) is 18.8. The van der Waals surface area contributed by atoms with Crippen LogP contribution in [0.4, 0.5) is 4.39 Å². The maximum atomic E-state index is 13.8. The van der Waals surface area contributed by atoms with Gasteiger partial charge in [-0.2, -0.15) is 0 Å². The summed E-state index contributed by atoms with van der Waals surface area (Å²) in [5, 5.41) is 3.87. The number of carbonyl (C=O) groups excluding carboxylic acids is 2. The Kier molecular flexibility index (Phi) is 5.14. The van der Waals surface area contributed by atoms with E-state index in [0.29, 0.717) is 22.8 Å². The van der Waals surface area contributed by atoms with Gasteiger partial charge in [0.05, 0.1) is 5.02 Å². The molecule has 0 atom stereocenters. The molecule has 0 aliphatic rings. The summed E-state index contributed by atoms with van der Waals surface area (Å²) in [7, 11) is 0. The number of aromatic nitrogens is 2. The van der Waals surface area contributed by atoms with Crippen LogP contribution < -0.4 is 0 Å². The molecule has 2 heterocycles. The molecule has 0 spiro atoms. The number of hydrogen-bond acceptors (Lipinski definition) is 5. The Hall–Kier alpha value is -2.93. The van der Waals surface area contributed by atoms with Gasteiger partial charge in [0.25, 0.3) is 0 Å². The molecule has 8 heteroatoms. The fourth-order valence-electron chi connectivity index (χ4n) is 2.83. The highest BCUT2D eigenvalue weighted by Crippen LogP contribution is 2.22. The SMILES string of the molecule is Cc1cc(-n2c(C)cc(C(=O)COC(=O)c3c(F)cccc3Cl)c2C)no1. The van der Waals surface area contributed by atoms with E-state index in [0.717, 1.165) is 11.8 Å². The molecule has 27 heavy (non-hydrogen) atoms. The number of carbonyl (C=O) groups is 2. The number of rotatable bonds is 5. The number of esters is 1. The lowest BCUT2D eigenvalue weighted by Crippen LogP contribution is -2.16. The molecule has 0 aliphatic carbocycles. The average Bonchev–Trinajstić information content (AvgIpc) is 3.15. The first-order chi connectivity index (χ1) is 12.8. The lowest BCUT2D eigenvalue weighted by Gasteiger charge is -2.07. The molecule has 0 bridgehead atoms. The van der Waals surface area contributed by atoms with Crippen molar-refractivity contribution in [3.8, 4) is 5.82 Å². The molecule has 0 amide bonds. The zero-order chi connectivity index (χ0) is 19.7. The van der Waals surface area contributed by atoms with Crippen molar-refractivity contribution >= 4 is 23.4 Å². The van der Waals surface area contributed by atoms with Crippen LogP contribution in [0.1, 0.15) is 37.9 Å². The lowest BCUT2D eigenvalue weighted by atomic mass is 10.1. The maximum absolute atomic E-state index is 13.8. The minimum absolute atomic E-state index is 0.0768. The minimum Gasteiger partial charge on any atom is -0.454 e. The van der Waals surface area contributed by atoms with Crippen LogP contribution in [0, 0.1) is 26.6 Å². The highest BCUT2D eigenvalue weighted by molar-refractivity contribution is 6.33. The van der Waals surface area contributed by atoms with Crippen molar-refractivity contribution in [1.29, 1.82) is 0 Å². The van der Waals surface area contributed by atoms with E-state index in [-0.39, 0.29) is 5.02 Å². The number of ketones is 1. The van der Waals surface area contributed by atoms with Crippen molar-refractivity contribution in [2.75, 3.05) is 6.61 Å². The van der Waals surface area contributed by atoms with Crippen molar-refractivity contribution in [3.05, 3.63) is 69.4 Å². The van der Waals surface area contributed by atoms with E-state index in [1.807, 2.05) is 6.92 Å². The average molecular weight is 391 g/mol. The second kappa shape index (κ2) is 7.36. The fraction of sp³-hybridized carbons (Fsp3) is 0.211. The summed E-state index contributed by atoms with van der Waals surface area (Å²) in [6.45, 7) is 4.80. The molecule has 0 aliphatic heterocycles. The third kappa shape index (κ3) is 3.64. The Morgan fingerprint density at radius 3 is 2.63 bits per heavy atom. The number of Topliss-reactive ketones (excluding diaryl/α,β-unsaturated/α-hetero) is 1. The molecule has 2 aromatic heterocycles. The number of halogens is 2. The summed E-state index contributed by atoms with van der Waals surface area (Å²) in [6, 6.07) is 7.26. The van der Waals surface area contributed by atoms with Gasteiger partial charge in [0.15, 0.2) is 12.4 Å². The summed E-state index contributed by atoms with van der Waals surface area (Å²) < 4.78 is 25.6. The normalized spacial score (nSPS) is 10.9. The summed E-state index contributed by atoms with van der Waals surface area (Å²) >= 11 is 5.83. The monoisotopic (exact) mass is 390 g/mol. The van der Waals surface area contributed by atoms with Gasteiger partial charge in [0.2, 0.25) is 5.78 Å². The van der Waals surface area contributed by atoms with Crippen LogP contribution in [-0.2, 0) is 4.74 Å². The fourth-order valence-corrected chi connectivity index (χ4v) is 3.07. The van der Waals surface area contributed by atoms with Gasteiger partial charge in [0, 0.05) is 23.0 Å². The van der Waals surface area contributed by atoms with Gasteiger partial charge in [0.1, 0.15) is 17.1 Å². The van der Waals surface area contributed by atoms with Crippen molar-refractivity contribution < 1.29 is 23.2 Å². The van der Waals surface area contributed by atoms with Gasteiger partial charge >= 0.3 is 5.97 Å². The number of ether oxygens (including phenoxy) is 1. The highest BCUT2D eigenvalue weighted by Gasteiger charge is 2.22. The molecule has 0 N–H and O–H groups in total. The molecule has 140 valence electrons. The van der Waals surface area contributed by atoms with Gasteiger partial charge in [-0.05, 0) is 39.0 Å². The molecule has 0 saturated heterocycles. The van der Waals surface area contributed by atoms with Crippen LogP contribution in [0.5, 0.6) is 0 Å². The number of hydrogen-bond donors (Lipinski definition) is 0. The predicted molar refractivity (Wildman–Crippen MR) is 96.1 cm³/mol. The molecular weight excluding hydrogens is 375 g/mol. The molecule has 3 aromatic rings. The van der Waals surface area contributed by atoms with Gasteiger partial charge in [-0.15, -0.1) is 0 Å². The van der Waals surface area contributed by atoms with E-state index in [9.17, 15) is 14.0 Å². The van der Waals surface area contributed by atoms with E-state index in [4.69, 9.17) is 20.9 Å². The van der Waals surface area contributed by atoms with Crippen LogP contribution >= 0.6 is 11.6 Å². The van der Waals surface area contributed by atoms with Crippen molar-refractivity contribution in [2.24, 2.45) is 0 Å². The van der Waals surface area contributed by atoms with Gasteiger partial charge in [-0.1, -0.05) is 22.8 Å². The summed E-state index contributed by atoms with van der Waals surface area (Å²) in [5.74, 6) is -1.03. The smallest absolute Gasteiger partial charge is 0.343 e. The highest BCUT2D eigenvalue weighted by atomic mass is 35.5. The molecular formula is C19H16ClFN2O4. The summed E-state index contributed by atoms with van der Waals surface area (Å²) in [5.41, 5.74) is 1.38. The van der Waals surface area contributed by atoms with E-state index in [2.05, 4.69) is 5.16 Å². The van der Waals surface area contributed by atoms with Crippen LogP contribution in [0.25, 0.3) is 5.82 Å². The van der Waals surface area contributed by atoms with E-state index >= 15 is 0 Å². The summed E-state index contributed by atoms with van der Waals surface area (Å²) in [4.78, 5) is 24.6. The molecule has 0 unspecified atom stereocenters. The zero-order valence-electron chi connectivity index (χ0n) is 14.9. The first-order valence-corrected chi connectivity index (χ1v) is 8.44. The Labute approximate surface area is 159 Å². The second-order valence-electron chi connectivity index (χ2n) is 6.01. The first-order valence-electron chi connectivity index (χ1n) is 8.06. The van der Waals surface area contributed by atoms with E-state index in [1.54, 1.807) is 30.5 Å². The third-order valence-corrected chi connectivity index (χ3v) is 4.39. The quantitative estimate of drug-likeness (QED) is 0.481. The van der Waals surface area contributed by atoms with Gasteiger partial charge in [-0.25, -0.2) is 9.18 Å². The van der Waals surface area contributed by atoms with Gasteiger partial charge in [-0.3, -0.25) is 9.36 Å². The molecule has 3 rings (SSSR count). The summed E-state index contributed by atoms with van der Waals surface area (Å²) in [6.07, 6.45) is 0. The minimum atomic E-state index is -0.993. The van der Waals surface area contributed by atoms with E-state index in [1.165, 1.54) is 12.1 Å². The standard InChI is InChI=1S/C19H16ClFN2O4/c1-10-7-13(12(3)23(10)17-8-11(2)27-22-17)16(24)9-26-19(25)18-14(20)5-4-6-15(18)21/h4-8H,9H2,1-3H3. The molecule has 0 fully saturated rings. The Balaban J connectivity index is 1.78. The number of aryl methyl sites for hydroxylation is 2. The third-order valence-electron chi connectivity index (χ3n) is 4.08. The topological polar surface area (TPSA) is 74.3 Å². The molecule has 0 radical (unpaired) electrons. The number of benzene rings is 1.